The topological polar surface area (TPSA) is 24.9 Å². The van der Waals surface area contributed by atoms with Crippen molar-refractivity contribution in [2.45, 2.75) is 33.2 Å². The summed E-state index contributed by atoms with van der Waals surface area (Å²) in [4.78, 5) is 3.82. The SMILES string of the molecule is CCNC(Cc1ccc(C)c(C)c1)c1ccncc1F. The molecule has 0 saturated heterocycles. The van der Waals surface area contributed by atoms with Gasteiger partial charge < -0.3 is 5.32 Å². The summed E-state index contributed by atoms with van der Waals surface area (Å²) in [5.41, 5.74) is 4.45. The standard InChI is InChI=1S/C17H21FN2/c1-4-20-17(15-7-8-19-11-16(15)18)10-14-6-5-12(2)13(3)9-14/h5-9,11,17,20H,4,10H2,1-3H3. The molecule has 20 heavy (non-hydrogen) atoms. The van der Waals surface area contributed by atoms with Crippen LogP contribution in [0.15, 0.2) is 36.7 Å². The van der Waals surface area contributed by atoms with Crippen LogP contribution in [0.2, 0.25) is 0 Å². The molecule has 0 bridgehead atoms. The Bertz CT molecular complexity index is 581. The third-order valence-corrected chi connectivity index (χ3v) is 3.64. The van der Waals surface area contributed by atoms with Gasteiger partial charge >= 0.3 is 0 Å². The molecule has 106 valence electrons. The van der Waals surface area contributed by atoms with Gasteiger partial charge in [0.1, 0.15) is 5.82 Å². The molecule has 0 aliphatic heterocycles. The molecule has 1 N–H and O–H groups in total. The van der Waals surface area contributed by atoms with Crippen LogP contribution < -0.4 is 5.32 Å². The molecule has 1 atom stereocenters. The lowest BCUT2D eigenvalue weighted by Crippen LogP contribution is -2.24. The van der Waals surface area contributed by atoms with Crippen molar-refractivity contribution in [3.63, 3.8) is 0 Å². The van der Waals surface area contributed by atoms with Crippen LogP contribution >= 0.6 is 0 Å². The largest absolute Gasteiger partial charge is 0.310 e. The molecule has 0 radical (unpaired) electrons. The molecule has 1 aromatic heterocycles. The molecule has 1 unspecified atom stereocenters. The van der Waals surface area contributed by atoms with E-state index in [1.165, 1.54) is 22.9 Å². The normalized spacial score (nSPS) is 12.4. The molecule has 1 heterocycles. The molecule has 2 nitrogen and oxygen atoms in total. The zero-order chi connectivity index (χ0) is 14.5. The lowest BCUT2D eigenvalue weighted by Gasteiger charge is -2.19. The number of nitrogens with zero attached hydrogens (tertiary/aromatic N) is 1. The van der Waals surface area contributed by atoms with Gasteiger partial charge in [-0.15, -0.1) is 0 Å². The van der Waals surface area contributed by atoms with Crippen LogP contribution in [0.3, 0.4) is 0 Å². The van der Waals surface area contributed by atoms with Crippen molar-refractivity contribution in [3.8, 4) is 0 Å². The number of aryl methyl sites for hydroxylation is 2. The maximum absolute atomic E-state index is 13.9. The van der Waals surface area contributed by atoms with Gasteiger partial charge in [-0.3, -0.25) is 4.98 Å². The first kappa shape index (κ1) is 14.7. The number of rotatable bonds is 5. The van der Waals surface area contributed by atoms with Crippen LogP contribution in [0.5, 0.6) is 0 Å². The number of pyridine rings is 1. The number of benzene rings is 1. The minimum atomic E-state index is -0.248. The number of nitrogens with one attached hydrogen (secondary N) is 1. The number of halogens is 1. The number of likely N-dealkylation sites (N-methyl/N-ethyl adjacent to an activating group) is 1. The number of hydrogen-bond acceptors (Lipinski definition) is 2. The van der Waals surface area contributed by atoms with E-state index < -0.39 is 0 Å². The number of hydrogen-bond donors (Lipinski definition) is 1. The van der Waals surface area contributed by atoms with Gasteiger partial charge in [0.25, 0.3) is 0 Å². The van der Waals surface area contributed by atoms with Crippen molar-refractivity contribution in [2.75, 3.05) is 6.54 Å². The first-order chi connectivity index (χ1) is 9.61. The summed E-state index contributed by atoms with van der Waals surface area (Å²) in [6.45, 7) is 7.04. The molecule has 0 amide bonds. The fourth-order valence-corrected chi connectivity index (χ4v) is 2.37. The maximum atomic E-state index is 13.9. The highest BCUT2D eigenvalue weighted by molar-refractivity contribution is 5.31. The van der Waals surface area contributed by atoms with Gasteiger partial charge in [-0.1, -0.05) is 25.1 Å². The molecule has 2 rings (SSSR count). The summed E-state index contributed by atoms with van der Waals surface area (Å²) in [6, 6.07) is 8.15. The molecule has 0 aliphatic rings. The summed E-state index contributed by atoms with van der Waals surface area (Å²) in [5.74, 6) is -0.248. The summed E-state index contributed by atoms with van der Waals surface area (Å²) in [7, 11) is 0. The first-order valence-electron chi connectivity index (χ1n) is 7.00. The summed E-state index contributed by atoms with van der Waals surface area (Å²) in [6.07, 6.45) is 3.69. The second-order valence-electron chi connectivity index (χ2n) is 5.13. The summed E-state index contributed by atoms with van der Waals surface area (Å²) < 4.78 is 13.9. The highest BCUT2D eigenvalue weighted by atomic mass is 19.1. The third-order valence-electron chi connectivity index (χ3n) is 3.64. The Morgan fingerprint density at radius 2 is 2.00 bits per heavy atom. The van der Waals surface area contributed by atoms with E-state index in [9.17, 15) is 4.39 Å². The van der Waals surface area contributed by atoms with Crippen LogP contribution in [-0.2, 0) is 6.42 Å². The fourth-order valence-electron chi connectivity index (χ4n) is 2.37. The summed E-state index contributed by atoms with van der Waals surface area (Å²) in [5, 5.41) is 3.35. The Morgan fingerprint density at radius 1 is 1.20 bits per heavy atom. The highest BCUT2D eigenvalue weighted by Crippen LogP contribution is 2.21. The predicted molar refractivity (Wildman–Crippen MR) is 80.2 cm³/mol. The maximum Gasteiger partial charge on any atom is 0.146 e. The average Bonchev–Trinajstić information content (AvgIpc) is 2.43. The molecule has 0 saturated carbocycles. The van der Waals surface area contributed by atoms with Crippen molar-refractivity contribution in [3.05, 3.63) is 64.7 Å². The lowest BCUT2D eigenvalue weighted by atomic mass is 9.97. The predicted octanol–water partition coefficient (Wildman–Crippen LogP) is 3.73. The smallest absolute Gasteiger partial charge is 0.146 e. The van der Waals surface area contributed by atoms with Gasteiger partial charge in [0.05, 0.1) is 6.20 Å². The minimum Gasteiger partial charge on any atom is -0.310 e. The van der Waals surface area contributed by atoms with E-state index in [-0.39, 0.29) is 11.9 Å². The van der Waals surface area contributed by atoms with Crippen LogP contribution in [-0.4, -0.2) is 11.5 Å². The molecular formula is C17H21FN2. The van der Waals surface area contributed by atoms with Crippen molar-refractivity contribution < 1.29 is 4.39 Å². The van der Waals surface area contributed by atoms with Crippen molar-refractivity contribution in [2.24, 2.45) is 0 Å². The quantitative estimate of drug-likeness (QED) is 0.897. The Hall–Kier alpha value is -1.74. The zero-order valence-electron chi connectivity index (χ0n) is 12.3. The Kier molecular flexibility index (Phi) is 4.85. The van der Waals surface area contributed by atoms with E-state index >= 15 is 0 Å². The fraction of sp³-hybridized carbons (Fsp3) is 0.353. The lowest BCUT2D eigenvalue weighted by molar-refractivity contribution is 0.507. The van der Waals surface area contributed by atoms with Crippen molar-refractivity contribution in [1.82, 2.24) is 10.3 Å². The number of aromatic nitrogens is 1. The zero-order valence-corrected chi connectivity index (χ0v) is 12.3. The van der Waals surface area contributed by atoms with Gasteiger partial charge in [-0.05, 0) is 49.6 Å². The first-order valence-corrected chi connectivity index (χ1v) is 7.00. The van der Waals surface area contributed by atoms with E-state index in [1.807, 2.05) is 6.92 Å². The van der Waals surface area contributed by atoms with E-state index in [2.05, 4.69) is 42.3 Å². The van der Waals surface area contributed by atoms with E-state index in [0.29, 0.717) is 5.56 Å². The molecule has 0 fully saturated rings. The van der Waals surface area contributed by atoms with Crippen LogP contribution in [0.25, 0.3) is 0 Å². The van der Waals surface area contributed by atoms with Gasteiger partial charge in [-0.25, -0.2) is 4.39 Å². The highest BCUT2D eigenvalue weighted by Gasteiger charge is 2.15. The molecule has 2 aromatic rings. The van der Waals surface area contributed by atoms with Crippen LogP contribution in [0.4, 0.5) is 4.39 Å². The minimum absolute atomic E-state index is 0.0230. The van der Waals surface area contributed by atoms with Gasteiger partial charge in [-0.2, -0.15) is 0 Å². The van der Waals surface area contributed by atoms with Crippen molar-refractivity contribution in [1.29, 1.82) is 0 Å². The van der Waals surface area contributed by atoms with Crippen LogP contribution in [0, 0.1) is 19.7 Å². The molecule has 3 heteroatoms. The monoisotopic (exact) mass is 272 g/mol. The second kappa shape index (κ2) is 6.62. The van der Waals surface area contributed by atoms with Crippen LogP contribution in [0.1, 0.15) is 35.2 Å². The van der Waals surface area contributed by atoms with E-state index in [4.69, 9.17) is 0 Å². The van der Waals surface area contributed by atoms with Gasteiger partial charge in [0.15, 0.2) is 0 Å². The third kappa shape index (κ3) is 3.42. The molecular weight excluding hydrogens is 251 g/mol. The average molecular weight is 272 g/mol. The molecule has 0 aliphatic carbocycles. The van der Waals surface area contributed by atoms with E-state index in [0.717, 1.165) is 13.0 Å². The van der Waals surface area contributed by atoms with Crippen molar-refractivity contribution >= 4 is 0 Å². The van der Waals surface area contributed by atoms with E-state index in [1.54, 1.807) is 12.3 Å². The molecule has 0 spiro atoms. The Balaban J connectivity index is 2.25. The second-order valence-corrected chi connectivity index (χ2v) is 5.13. The summed E-state index contributed by atoms with van der Waals surface area (Å²) >= 11 is 0. The Labute approximate surface area is 120 Å². The van der Waals surface area contributed by atoms with Gasteiger partial charge in [0.2, 0.25) is 0 Å². The molecule has 1 aromatic carbocycles. The Morgan fingerprint density at radius 3 is 2.65 bits per heavy atom. The van der Waals surface area contributed by atoms with Gasteiger partial charge in [0, 0.05) is 17.8 Å².